The quantitative estimate of drug-likeness (QED) is 0.760. The third-order valence-electron chi connectivity index (χ3n) is 2.91. The minimum Gasteiger partial charge on any atom is -0.481 e. The van der Waals surface area contributed by atoms with Crippen molar-refractivity contribution in [3.63, 3.8) is 0 Å². The molecule has 0 spiro atoms. The summed E-state index contributed by atoms with van der Waals surface area (Å²) in [4.78, 5) is 4.18. The molecule has 3 heteroatoms. The van der Waals surface area contributed by atoms with Gasteiger partial charge in [0.25, 0.3) is 0 Å². The SMILES string of the molecule is COc1ccc(C2=CCC(C#N)CC2)cn1. The molecule has 0 saturated carbocycles. The molecule has 0 N–H and O–H groups in total. The topological polar surface area (TPSA) is 45.9 Å². The van der Waals surface area contributed by atoms with Crippen LogP contribution >= 0.6 is 0 Å². The van der Waals surface area contributed by atoms with Gasteiger partial charge in [0, 0.05) is 12.3 Å². The molecule has 1 aromatic heterocycles. The Bertz CT molecular complexity index is 428. The van der Waals surface area contributed by atoms with E-state index in [0.717, 1.165) is 24.8 Å². The number of nitrogens with zero attached hydrogens (tertiary/aromatic N) is 2. The molecule has 1 aliphatic rings. The van der Waals surface area contributed by atoms with Crippen LogP contribution in [-0.2, 0) is 0 Å². The number of allylic oxidation sites excluding steroid dienone is 2. The molecule has 82 valence electrons. The molecule has 1 atom stereocenters. The third kappa shape index (κ3) is 2.22. The van der Waals surface area contributed by atoms with Gasteiger partial charge in [-0.3, -0.25) is 0 Å². The van der Waals surface area contributed by atoms with Crippen molar-refractivity contribution in [1.82, 2.24) is 4.98 Å². The van der Waals surface area contributed by atoms with Crippen LogP contribution in [0.5, 0.6) is 5.88 Å². The minimum atomic E-state index is 0.190. The second kappa shape index (κ2) is 4.80. The highest BCUT2D eigenvalue weighted by atomic mass is 16.5. The van der Waals surface area contributed by atoms with Crippen molar-refractivity contribution in [1.29, 1.82) is 5.26 Å². The van der Waals surface area contributed by atoms with E-state index in [4.69, 9.17) is 10.00 Å². The fraction of sp³-hybridized carbons (Fsp3) is 0.385. The number of hydrogen-bond donors (Lipinski definition) is 0. The Hall–Kier alpha value is -1.82. The maximum absolute atomic E-state index is 8.81. The van der Waals surface area contributed by atoms with E-state index in [-0.39, 0.29) is 5.92 Å². The molecule has 0 aromatic carbocycles. The molecule has 3 nitrogen and oxygen atoms in total. The van der Waals surface area contributed by atoms with Gasteiger partial charge in [0.2, 0.25) is 5.88 Å². The highest BCUT2D eigenvalue weighted by Gasteiger charge is 2.14. The van der Waals surface area contributed by atoms with Gasteiger partial charge >= 0.3 is 0 Å². The van der Waals surface area contributed by atoms with Gasteiger partial charge in [-0.2, -0.15) is 5.26 Å². The first-order valence-electron chi connectivity index (χ1n) is 5.42. The van der Waals surface area contributed by atoms with Gasteiger partial charge in [0.1, 0.15) is 0 Å². The Morgan fingerprint density at radius 2 is 2.38 bits per heavy atom. The lowest BCUT2D eigenvalue weighted by Crippen LogP contribution is -2.03. The van der Waals surface area contributed by atoms with Crippen molar-refractivity contribution in [3.8, 4) is 11.9 Å². The van der Waals surface area contributed by atoms with E-state index in [2.05, 4.69) is 17.1 Å². The van der Waals surface area contributed by atoms with Gasteiger partial charge < -0.3 is 4.74 Å². The summed E-state index contributed by atoms with van der Waals surface area (Å²) in [6.07, 6.45) is 6.76. The highest BCUT2D eigenvalue weighted by molar-refractivity contribution is 5.65. The molecule has 0 bridgehead atoms. The lowest BCUT2D eigenvalue weighted by atomic mass is 9.88. The first-order chi connectivity index (χ1) is 7.83. The number of methoxy groups -OCH3 is 1. The summed E-state index contributed by atoms with van der Waals surface area (Å²) in [6, 6.07) is 6.20. The first kappa shape index (κ1) is 10.7. The number of nitriles is 1. The summed E-state index contributed by atoms with van der Waals surface area (Å²) < 4.78 is 5.02. The van der Waals surface area contributed by atoms with Crippen LogP contribution in [0.3, 0.4) is 0 Å². The van der Waals surface area contributed by atoms with Crippen LogP contribution in [0.4, 0.5) is 0 Å². The smallest absolute Gasteiger partial charge is 0.212 e. The van der Waals surface area contributed by atoms with Crippen molar-refractivity contribution in [2.45, 2.75) is 19.3 Å². The van der Waals surface area contributed by atoms with Gasteiger partial charge in [-0.15, -0.1) is 0 Å². The molecule has 16 heavy (non-hydrogen) atoms. The van der Waals surface area contributed by atoms with E-state index in [1.807, 2.05) is 18.3 Å². The van der Waals surface area contributed by atoms with Crippen LogP contribution in [0.2, 0.25) is 0 Å². The minimum absolute atomic E-state index is 0.190. The normalized spacial score (nSPS) is 19.8. The van der Waals surface area contributed by atoms with E-state index in [1.54, 1.807) is 7.11 Å². The predicted molar refractivity (Wildman–Crippen MR) is 61.7 cm³/mol. The summed E-state index contributed by atoms with van der Waals surface area (Å²) in [7, 11) is 1.61. The summed E-state index contributed by atoms with van der Waals surface area (Å²) in [5, 5.41) is 8.81. The number of pyridine rings is 1. The zero-order valence-electron chi connectivity index (χ0n) is 9.31. The fourth-order valence-corrected chi connectivity index (χ4v) is 1.90. The van der Waals surface area contributed by atoms with E-state index in [1.165, 1.54) is 5.57 Å². The summed E-state index contributed by atoms with van der Waals surface area (Å²) in [6.45, 7) is 0. The highest BCUT2D eigenvalue weighted by Crippen LogP contribution is 2.29. The molecule has 1 aliphatic carbocycles. The van der Waals surface area contributed by atoms with Gasteiger partial charge in [-0.05, 0) is 36.5 Å². The zero-order chi connectivity index (χ0) is 11.4. The molecule has 0 saturated heterocycles. The molecule has 0 radical (unpaired) electrons. The van der Waals surface area contributed by atoms with Gasteiger partial charge in [0.05, 0.1) is 19.1 Å². The van der Waals surface area contributed by atoms with Gasteiger partial charge in [-0.1, -0.05) is 6.08 Å². The molecule has 1 aromatic rings. The third-order valence-corrected chi connectivity index (χ3v) is 2.91. The fourth-order valence-electron chi connectivity index (χ4n) is 1.90. The number of aromatic nitrogens is 1. The Balaban J connectivity index is 2.13. The lowest BCUT2D eigenvalue weighted by molar-refractivity contribution is 0.398. The standard InChI is InChI=1S/C13H14N2O/c1-16-13-7-6-12(9-15-13)11-4-2-10(8-14)3-5-11/h4,6-7,9-10H,2-3,5H2,1H3. The molecule has 0 amide bonds. The Labute approximate surface area is 95.4 Å². The van der Waals surface area contributed by atoms with Crippen molar-refractivity contribution >= 4 is 5.57 Å². The van der Waals surface area contributed by atoms with Crippen LogP contribution in [0.15, 0.2) is 24.4 Å². The van der Waals surface area contributed by atoms with Gasteiger partial charge in [-0.25, -0.2) is 4.98 Å². The molecule has 0 fully saturated rings. The molecule has 2 rings (SSSR count). The van der Waals surface area contributed by atoms with Crippen LogP contribution < -0.4 is 4.74 Å². The van der Waals surface area contributed by atoms with Gasteiger partial charge in [0.15, 0.2) is 0 Å². The second-order valence-electron chi connectivity index (χ2n) is 3.92. The van der Waals surface area contributed by atoms with E-state index in [0.29, 0.717) is 5.88 Å². The van der Waals surface area contributed by atoms with Crippen molar-refractivity contribution in [3.05, 3.63) is 30.0 Å². The lowest BCUT2D eigenvalue weighted by Gasteiger charge is -2.16. The average Bonchev–Trinajstić information content (AvgIpc) is 2.39. The number of hydrogen-bond acceptors (Lipinski definition) is 3. The Kier molecular flexibility index (Phi) is 3.21. The Morgan fingerprint density at radius 3 is 2.88 bits per heavy atom. The molecule has 1 unspecified atom stereocenters. The number of rotatable bonds is 2. The second-order valence-corrected chi connectivity index (χ2v) is 3.92. The molecule has 0 aliphatic heterocycles. The molecular formula is C13H14N2O. The zero-order valence-corrected chi connectivity index (χ0v) is 9.31. The first-order valence-corrected chi connectivity index (χ1v) is 5.42. The maximum atomic E-state index is 8.81. The summed E-state index contributed by atoms with van der Waals surface area (Å²) in [5.41, 5.74) is 2.43. The largest absolute Gasteiger partial charge is 0.481 e. The van der Waals surface area contributed by atoms with Crippen LogP contribution in [-0.4, -0.2) is 12.1 Å². The number of ether oxygens (including phenoxy) is 1. The average molecular weight is 214 g/mol. The van der Waals surface area contributed by atoms with E-state index in [9.17, 15) is 0 Å². The van der Waals surface area contributed by atoms with Crippen molar-refractivity contribution in [2.24, 2.45) is 5.92 Å². The predicted octanol–water partition coefficient (Wildman–Crippen LogP) is 2.80. The molecule has 1 heterocycles. The molecular weight excluding hydrogens is 200 g/mol. The van der Waals surface area contributed by atoms with E-state index < -0.39 is 0 Å². The van der Waals surface area contributed by atoms with Crippen molar-refractivity contribution in [2.75, 3.05) is 7.11 Å². The van der Waals surface area contributed by atoms with E-state index >= 15 is 0 Å². The Morgan fingerprint density at radius 1 is 1.50 bits per heavy atom. The summed E-state index contributed by atoms with van der Waals surface area (Å²) in [5.74, 6) is 0.824. The monoisotopic (exact) mass is 214 g/mol. The van der Waals surface area contributed by atoms with Crippen LogP contribution in [0.1, 0.15) is 24.8 Å². The van der Waals surface area contributed by atoms with Crippen LogP contribution in [0, 0.1) is 17.2 Å². The maximum Gasteiger partial charge on any atom is 0.212 e. The summed E-state index contributed by atoms with van der Waals surface area (Å²) >= 11 is 0. The van der Waals surface area contributed by atoms with Crippen LogP contribution in [0.25, 0.3) is 5.57 Å². The van der Waals surface area contributed by atoms with Crippen molar-refractivity contribution < 1.29 is 4.74 Å².